The van der Waals surface area contributed by atoms with Crippen molar-refractivity contribution in [2.24, 2.45) is 5.41 Å². The predicted molar refractivity (Wildman–Crippen MR) is 88.0 cm³/mol. The van der Waals surface area contributed by atoms with Crippen LogP contribution in [0.2, 0.25) is 0 Å². The molecular weight excluding hydrogens is 262 g/mol. The van der Waals surface area contributed by atoms with Gasteiger partial charge in [-0.1, -0.05) is 38.5 Å². The summed E-state index contributed by atoms with van der Waals surface area (Å²) >= 11 is 0. The Morgan fingerprint density at radius 1 is 1.29 bits per heavy atom. The fourth-order valence-electron chi connectivity index (χ4n) is 2.98. The van der Waals surface area contributed by atoms with Crippen molar-refractivity contribution in [1.82, 2.24) is 0 Å². The van der Waals surface area contributed by atoms with Gasteiger partial charge < -0.3 is 14.7 Å². The van der Waals surface area contributed by atoms with Crippen LogP contribution in [0, 0.1) is 5.41 Å². The third-order valence-corrected chi connectivity index (χ3v) is 4.19. The minimum Gasteiger partial charge on any atom is -0.496 e. The van der Waals surface area contributed by atoms with Gasteiger partial charge in [0.05, 0.1) is 13.2 Å². The number of hydrogen-bond donors (Lipinski definition) is 1. The van der Waals surface area contributed by atoms with Gasteiger partial charge in [0.2, 0.25) is 0 Å². The average Bonchev–Trinajstić information content (AvgIpc) is 2.45. The number of rotatable bonds is 3. The maximum atomic E-state index is 10.1. The second-order valence-electron chi connectivity index (χ2n) is 6.74. The lowest BCUT2D eigenvalue weighted by Crippen LogP contribution is -2.32. The molecule has 0 unspecified atom stereocenters. The Morgan fingerprint density at radius 3 is 2.48 bits per heavy atom. The van der Waals surface area contributed by atoms with Crippen molar-refractivity contribution < 1.29 is 9.84 Å². The van der Waals surface area contributed by atoms with Gasteiger partial charge in [0.25, 0.3) is 0 Å². The van der Waals surface area contributed by atoms with Gasteiger partial charge in [0, 0.05) is 24.3 Å². The highest BCUT2D eigenvalue weighted by Gasteiger charge is 2.24. The fraction of sp³-hybridized carbons (Fsp3) is 0.556. The molecule has 0 aromatic heterocycles. The van der Waals surface area contributed by atoms with Crippen LogP contribution in [0.15, 0.2) is 29.8 Å². The molecule has 0 radical (unpaired) electrons. The molecule has 21 heavy (non-hydrogen) atoms. The van der Waals surface area contributed by atoms with Crippen LogP contribution in [-0.2, 0) is 0 Å². The van der Waals surface area contributed by atoms with Crippen molar-refractivity contribution in [3.63, 3.8) is 0 Å². The van der Waals surface area contributed by atoms with Crippen LogP contribution in [0.25, 0.3) is 0 Å². The molecular formula is C18H27NO2. The van der Waals surface area contributed by atoms with E-state index in [0.29, 0.717) is 0 Å². The monoisotopic (exact) mass is 289 g/mol. The third kappa shape index (κ3) is 3.41. The quantitative estimate of drug-likeness (QED) is 0.856. The second kappa shape index (κ2) is 6.10. The molecule has 1 N–H and O–H groups in total. The Hall–Kier alpha value is -1.48. The number of aliphatic hydroxyl groups is 1. The van der Waals surface area contributed by atoms with Gasteiger partial charge in [0.15, 0.2) is 0 Å². The zero-order valence-corrected chi connectivity index (χ0v) is 13.8. The van der Waals surface area contributed by atoms with Crippen molar-refractivity contribution in [2.75, 3.05) is 25.1 Å². The van der Waals surface area contributed by atoms with Crippen LogP contribution in [0.5, 0.6) is 5.75 Å². The average molecular weight is 289 g/mol. The molecule has 1 heterocycles. The molecule has 2 rings (SSSR count). The number of nitrogens with zero attached hydrogens (tertiary/aromatic N) is 1. The maximum absolute atomic E-state index is 10.1. The summed E-state index contributed by atoms with van der Waals surface area (Å²) in [4.78, 5) is 2.32. The van der Waals surface area contributed by atoms with Crippen molar-refractivity contribution in [3.05, 3.63) is 35.4 Å². The minimum absolute atomic E-state index is 0.244. The van der Waals surface area contributed by atoms with Crippen LogP contribution in [0.3, 0.4) is 0 Å². The molecule has 3 heteroatoms. The molecule has 3 nitrogen and oxygen atoms in total. The van der Waals surface area contributed by atoms with E-state index < -0.39 is 6.10 Å². The highest BCUT2D eigenvalue weighted by molar-refractivity contribution is 5.61. The molecule has 0 aliphatic carbocycles. The minimum atomic E-state index is -0.538. The molecule has 1 atom stereocenters. The first-order chi connectivity index (χ1) is 9.84. The molecule has 0 spiro atoms. The number of anilines is 1. The first kappa shape index (κ1) is 15.9. The van der Waals surface area contributed by atoms with Crippen LogP contribution < -0.4 is 9.64 Å². The summed E-state index contributed by atoms with van der Waals surface area (Å²) < 4.78 is 5.41. The second-order valence-corrected chi connectivity index (χ2v) is 6.74. The molecule has 0 saturated carbocycles. The standard InChI is InChI=1S/C18H27NO2/c1-13(20)17-15(7-6-8-16(17)21-5)19-11-9-14(10-12-19)18(2,3)4/h6-9,13,20H,10-12H2,1-5H3/t13-/m1/s1. The molecule has 1 aromatic carbocycles. The normalized spacial score (nSPS) is 17.4. The zero-order chi connectivity index (χ0) is 15.6. The zero-order valence-electron chi connectivity index (χ0n) is 13.8. The molecule has 1 aliphatic heterocycles. The first-order valence-electron chi connectivity index (χ1n) is 7.64. The smallest absolute Gasteiger partial charge is 0.126 e. The van der Waals surface area contributed by atoms with E-state index in [-0.39, 0.29) is 5.41 Å². The molecule has 0 amide bonds. The predicted octanol–water partition coefficient (Wildman–Crippen LogP) is 3.93. The Bertz CT molecular complexity index is 527. The lowest BCUT2D eigenvalue weighted by molar-refractivity contribution is 0.194. The summed E-state index contributed by atoms with van der Waals surface area (Å²) in [6.45, 7) is 10.5. The number of hydrogen-bond acceptors (Lipinski definition) is 3. The summed E-state index contributed by atoms with van der Waals surface area (Å²) in [6, 6.07) is 5.97. The Kier molecular flexibility index (Phi) is 4.62. The van der Waals surface area contributed by atoms with Crippen molar-refractivity contribution in [1.29, 1.82) is 0 Å². The van der Waals surface area contributed by atoms with E-state index in [1.807, 2.05) is 12.1 Å². The molecule has 116 valence electrons. The van der Waals surface area contributed by atoms with E-state index in [1.165, 1.54) is 5.57 Å². The van der Waals surface area contributed by atoms with Gasteiger partial charge in [-0.3, -0.25) is 0 Å². The van der Waals surface area contributed by atoms with E-state index in [1.54, 1.807) is 14.0 Å². The van der Waals surface area contributed by atoms with E-state index in [4.69, 9.17) is 4.74 Å². The maximum Gasteiger partial charge on any atom is 0.126 e. The summed E-state index contributed by atoms with van der Waals surface area (Å²) in [7, 11) is 1.65. The van der Waals surface area contributed by atoms with Gasteiger partial charge in [0.1, 0.15) is 5.75 Å². The molecule has 0 fully saturated rings. The summed E-state index contributed by atoms with van der Waals surface area (Å²) in [5.41, 5.74) is 3.72. The molecule has 1 aliphatic rings. The summed E-state index contributed by atoms with van der Waals surface area (Å²) in [5.74, 6) is 0.757. The number of benzene rings is 1. The Morgan fingerprint density at radius 2 is 2.00 bits per heavy atom. The van der Waals surface area contributed by atoms with E-state index >= 15 is 0 Å². The van der Waals surface area contributed by atoms with Crippen molar-refractivity contribution in [2.45, 2.75) is 40.2 Å². The number of aliphatic hydroxyl groups excluding tert-OH is 1. The van der Waals surface area contributed by atoms with Gasteiger partial charge in [-0.05, 0) is 30.9 Å². The highest BCUT2D eigenvalue weighted by Crippen LogP contribution is 2.37. The third-order valence-electron chi connectivity index (χ3n) is 4.19. The molecule has 0 bridgehead atoms. The van der Waals surface area contributed by atoms with Gasteiger partial charge in [-0.2, -0.15) is 0 Å². The fourth-order valence-corrected chi connectivity index (χ4v) is 2.98. The number of ether oxygens (including phenoxy) is 1. The Labute approximate surface area is 128 Å². The van der Waals surface area contributed by atoms with Crippen molar-refractivity contribution in [3.8, 4) is 5.75 Å². The number of methoxy groups -OCH3 is 1. The topological polar surface area (TPSA) is 32.7 Å². The van der Waals surface area contributed by atoms with Crippen LogP contribution in [0.1, 0.15) is 45.8 Å². The van der Waals surface area contributed by atoms with Crippen LogP contribution in [0.4, 0.5) is 5.69 Å². The van der Waals surface area contributed by atoms with E-state index in [2.05, 4.69) is 37.8 Å². The molecule has 0 saturated heterocycles. The van der Waals surface area contributed by atoms with Gasteiger partial charge in [-0.25, -0.2) is 0 Å². The van der Waals surface area contributed by atoms with Crippen molar-refractivity contribution >= 4 is 5.69 Å². The van der Waals surface area contributed by atoms with Crippen LogP contribution in [-0.4, -0.2) is 25.3 Å². The summed E-state index contributed by atoms with van der Waals surface area (Å²) in [6.07, 6.45) is 2.86. The van der Waals surface area contributed by atoms with Gasteiger partial charge >= 0.3 is 0 Å². The lowest BCUT2D eigenvalue weighted by Gasteiger charge is -2.35. The van der Waals surface area contributed by atoms with E-state index in [9.17, 15) is 5.11 Å². The van der Waals surface area contributed by atoms with E-state index in [0.717, 1.165) is 36.5 Å². The lowest BCUT2D eigenvalue weighted by atomic mass is 9.83. The Balaban J connectivity index is 2.31. The molecule has 1 aromatic rings. The largest absolute Gasteiger partial charge is 0.496 e. The first-order valence-corrected chi connectivity index (χ1v) is 7.64. The van der Waals surface area contributed by atoms with Crippen LogP contribution >= 0.6 is 0 Å². The highest BCUT2D eigenvalue weighted by atomic mass is 16.5. The van der Waals surface area contributed by atoms with Gasteiger partial charge in [-0.15, -0.1) is 0 Å². The SMILES string of the molecule is COc1cccc(N2CC=C(C(C)(C)C)CC2)c1[C@@H](C)O. The summed E-state index contributed by atoms with van der Waals surface area (Å²) in [5, 5.41) is 10.1.